The maximum absolute atomic E-state index is 4.98. The van der Waals surface area contributed by atoms with E-state index in [2.05, 4.69) is 158 Å². The Kier molecular flexibility index (Phi) is 8.47. The monoisotopic (exact) mass is 714 g/mol. The molecule has 0 saturated carbocycles. The van der Waals surface area contributed by atoms with Crippen LogP contribution in [0.2, 0.25) is 0 Å². The van der Waals surface area contributed by atoms with E-state index >= 15 is 0 Å². The number of benzene rings is 8. The van der Waals surface area contributed by atoms with Crippen LogP contribution in [0.5, 0.6) is 0 Å². The third-order valence-electron chi connectivity index (χ3n) is 10.4. The minimum atomic E-state index is 0.637. The number of rotatable bonds is 7. The number of pyridine rings is 1. The second-order valence-corrected chi connectivity index (χ2v) is 13.9. The summed E-state index contributed by atoms with van der Waals surface area (Å²) in [6.07, 6.45) is 1.87. The van der Waals surface area contributed by atoms with Crippen molar-refractivity contribution in [2.24, 2.45) is 0 Å². The van der Waals surface area contributed by atoms with Crippen LogP contribution in [0.25, 0.3) is 100 Å². The van der Waals surface area contributed by atoms with Crippen molar-refractivity contribution < 1.29 is 0 Å². The zero-order valence-corrected chi connectivity index (χ0v) is 30.4. The summed E-state index contributed by atoms with van der Waals surface area (Å²) in [6, 6.07) is 70.0. The number of hydrogen-bond acceptors (Lipinski definition) is 4. The molecule has 10 aromatic rings. The van der Waals surface area contributed by atoms with Crippen LogP contribution < -0.4 is 0 Å². The average molecular weight is 715 g/mol. The third kappa shape index (κ3) is 6.40. The van der Waals surface area contributed by atoms with Crippen molar-refractivity contribution in [2.75, 3.05) is 0 Å². The minimum Gasteiger partial charge on any atom is -0.256 e. The van der Waals surface area contributed by atoms with Crippen molar-refractivity contribution in [2.45, 2.75) is 0 Å². The van der Waals surface area contributed by atoms with Gasteiger partial charge in [-0.1, -0.05) is 188 Å². The molecule has 0 aliphatic heterocycles. The smallest absolute Gasteiger partial charge is 0.164 e. The number of fused-ring (bicyclic) bond motifs is 3. The lowest BCUT2D eigenvalue weighted by Crippen LogP contribution is -2.00. The third-order valence-corrected chi connectivity index (χ3v) is 10.4. The zero-order chi connectivity index (χ0) is 37.3. The van der Waals surface area contributed by atoms with E-state index in [4.69, 9.17) is 19.9 Å². The van der Waals surface area contributed by atoms with Gasteiger partial charge >= 0.3 is 0 Å². The maximum Gasteiger partial charge on any atom is 0.164 e. The van der Waals surface area contributed by atoms with Gasteiger partial charge in [-0.05, 0) is 62.0 Å². The molecule has 56 heavy (non-hydrogen) atoms. The Hall–Kier alpha value is -7.56. The van der Waals surface area contributed by atoms with Crippen molar-refractivity contribution in [1.29, 1.82) is 0 Å². The average Bonchev–Trinajstić information content (AvgIpc) is 3.29. The SMILES string of the molecule is c1ccc(-c2ccc(-c3nc(-c4ccccc4)nc(-c4ccc(-c5ccc(-c6cccc(-c7cccc8c7ccc7cccnc78)c6)cc5)cc4)n3)cc2)cc1. The largest absolute Gasteiger partial charge is 0.256 e. The Morgan fingerprint density at radius 3 is 1.30 bits per heavy atom. The van der Waals surface area contributed by atoms with E-state index in [0.29, 0.717) is 17.5 Å². The molecular weight excluding hydrogens is 681 g/mol. The molecule has 0 fully saturated rings. The summed E-state index contributed by atoms with van der Waals surface area (Å²) in [5.41, 5.74) is 13.2. The molecule has 0 spiro atoms. The van der Waals surface area contributed by atoms with Gasteiger partial charge in [-0.2, -0.15) is 0 Å². The molecule has 2 aromatic heterocycles. The highest BCUT2D eigenvalue weighted by Crippen LogP contribution is 2.35. The molecule has 0 aliphatic carbocycles. The number of aromatic nitrogens is 4. The lowest BCUT2D eigenvalue weighted by atomic mass is 9.93. The van der Waals surface area contributed by atoms with Crippen LogP contribution in [0.3, 0.4) is 0 Å². The molecule has 0 aliphatic rings. The molecular formula is C52H34N4. The Labute approximate surface area is 325 Å². The van der Waals surface area contributed by atoms with Gasteiger partial charge in [0.1, 0.15) is 0 Å². The Morgan fingerprint density at radius 1 is 0.268 bits per heavy atom. The molecule has 0 bridgehead atoms. The zero-order valence-electron chi connectivity index (χ0n) is 30.4. The van der Waals surface area contributed by atoms with E-state index < -0.39 is 0 Å². The van der Waals surface area contributed by atoms with Gasteiger partial charge in [0.05, 0.1) is 5.52 Å². The van der Waals surface area contributed by atoms with Gasteiger partial charge in [0.15, 0.2) is 17.5 Å². The van der Waals surface area contributed by atoms with Gasteiger partial charge < -0.3 is 0 Å². The second-order valence-electron chi connectivity index (χ2n) is 13.9. The van der Waals surface area contributed by atoms with E-state index in [1.807, 2.05) is 48.7 Å². The Balaban J connectivity index is 0.933. The molecule has 2 heterocycles. The van der Waals surface area contributed by atoms with E-state index in [9.17, 15) is 0 Å². The van der Waals surface area contributed by atoms with Crippen molar-refractivity contribution in [1.82, 2.24) is 19.9 Å². The van der Waals surface area contributed by atoms with Crippen LogP contribution in [0.1, 0.15) is 0 Å². The van der Waals surface area contributed by atoms with Crippen molar-refractivity contribution >= 4 is 21.7 Å². The normalized spacial score (nSPS) is 11.2. The molecule has 0 unspecified atom stereocenters. The summed E-state index contributed by atoms with van der Waals surface area (Å²) in [6.45, 7) is 0. The molecule has 0 radical (unpaired) electrons. The van der Waals surface area contributed by atoms with Crippen molar-refractivity contribution in [3.8, 4) is 78.7 Å². The molecule has 4 nitrogen and oxygen atoms in total. The van der Waals surface area contributed by atoms with Crippen LogP contribution >= 0.6 is 0 Å². The van der Waals surface area contributed by atoms with Gasteiger partial charge in [-0.25, -0.2) is 15.0 Å². The molecule has 0 amide bonds. The first-order valence-electron chi connectivity index (χ1n) is 18.8. The molecule has 4 heteroatoms. The van der Waals surface area contributed by atoms with E-state index in [1.54, 1.807) is 0 Å². The summed E-state index contributed by atoms with van der Waals surface area (Å²) < 4.78 is 0. The molecule has 0 saturated heterocycles. The Bertz CT molecular complexity index is 2980. The van der Waals surface area contributed by atoms with Crippen LogP contribution in [0.4, 0.5) is 0 Å². The molecule has 8 aromatic carbocycles. The van der Waals surface area contributed by atoms with E-state index in [0.717, 1.165) is 44.3 Å². The number of nitrogens with zero attached hydrogens (tertiary/aromatic N) is 4. The van der Waals surface area contributed by atoms with Gasteiger partial charge in [-0.3, -0.25) is 4.98 Å². The van der Waals surface area contributed by atoms with Crippen LogP contribution in [-0.2, 0) is 0 Å². The first kappa shape index (κ1) is 33.0. The van der Waals surface area contributed by atoms with Crippen LogP contribution in [0, 0.1) is 0 Å². The maximum atomic E-state index is 4.98. The fourth-order valence-corrected chi connectivity index (χ4v) is 7.48. The molecule has 0 N–H and O–H groups in total. The fraction of sp³-hybridized carbons (Fsp3) is 0. The van der Waals surface area contributed by atoms with E-state index in [-0.39, 0.29) is 0 Å². The highest BCUT2D eigenvalue weighted by atomic mass is 15.0. The number of hydrogen-bond donors (Lipinski definition) is 0. The van der Waals surface area contributed by atoms with Gasteiger partial charge in [0.25, 0.3) is 0 Å². The highest BCUT2D eigenvalue weighted by Gasteiger charge is 2.14. The standard InChI is InChI=1S/C52H34N4/c1-3-10-35(11-4-1)36-23-27-42(28-24-36)51-54-50(41-12-5-2-6-13-41)55-52(56-51)43-29-25-38(26-30-43)37-19-21-39(22-20-37)44-14-7-15-45(34-44)46-17-8-18-48-47(46)32-31-40-16-9-33-53-49(40)48/h1-34H. The summed E-state index contributed by atoms with van der Waals surface area (Å²) in [4.78, 5) is 19.5. The van der Waals surface area contributed by atoms with Crippen molar-refractivity contribution in [3.05, 3.63) is 206 Å². The van der Waals surface area contributed by atoms with Gasteiger partial charge in [0, 0.05) is 33.7 Å². The molecule has 262 valence electrons. The summed E-state index contributed by atoms with van der Waals surface area (Å²) in [5.74, 6) is 1.92. The van der Waals surface area contributed by atoms with Crippen LogP contribution in [0.15, 0.2) is 206 Å². The fourth-order valence-electron chi connectivity index (χ4n) is 7.48. The lowest BCUT2D eigenvalue weighted by Gasteiger charge is -2.11. The summed E-state index contributed by atoms with van der Waals surface area (Å²) in [5, 5.41) is 3.53. The first-order valence-corrected chi connectivity index (χ1v) is 18.8. The highest BCUT2D eigenvalue weighted by molar-refractivity contribution is 6.10. The van der Waals surface area contributed by atoms with Crippen LogP contribution in [-0.4, -0.2) is 19.9 Å². The quantitative estimate of drug-likeness (QED) is 0.154. The second kappa shape index (κ2) is 14.3. The summed E-state index contributed by atoms with van der Waals surface area (Å²) >= 11 is 0. The van der Waals surface area contributed by atoms with Crippen molar-refractivity contribution in [3.63, 3.8) is 0 Å². The minimum absolute atomic E-state index is 0.637. The van der Waals surface area contributed by atoms with Gasteiger partial charge in [0.2, 0.25) is 0 Å². The lowest BCUT2D eigenvalue weighted by molar-refractivity contribution is 1.07. The van der Waals surface area contributed by atoms with Gasteiger partial charge in [-0.15, -0.1) is 0 Å². The topological polar surface area (TPSA) is 51.6 Å². The Morgan fingerprint density at radius 2 is 0.714 bits per heavy atom. The molecule has 0 atom stereocenters. The molecule has 10 rings (SSSR count). The summed E-state index contributed by atoms with van der Waals surface area (Å²) in [7, 11) is 0. The predicted octanol–water partition coefficient (Wildman–Crippen LogP) is 13.2. The van der Waals surface area contributed by atoms with E-state index in [1.165, 1.54) is 38.6 Å². The first-order chi connectivity index (χ1) is 27.7. The predicted molar refractivity (Wildman–Crippen MR) is 231 cm³/mol.